The van der Waals surface area contributed by atoms with E-state index in [4.69, 9.17) is 4.74 Å². The lowest BCUT2D eigenvalue weighted by Crippen LogP contribution is -2.60. The molecule has 4 fully saturated rings. The Bertz CT molecular complexity index is 555. The Morgan fingerprint density at radius 3 is 2.58 bits per heavy atom. The van der Waals surface area contributed by atoms with Crippen LogP contribution >= 0.6 is 0 Å². The zero-order valence-corrected chi connectivity index (χ0v) is 15.5. The predicted octanol–water partition coefficient (Wildman–Crippen LogP) is 4.53. The van der Waals surface area contributed by atoms with Crippen LogP contribution in [0.1, 0.15) is 78.6 Å². The average molecular weight is 332 g/mol. The largest absolute Gasteiger partial charge is 0.462 e. The van der Waals surface area contributed by atoms with Crippen molar-refractivity contribution >= 4 is 11.8 Å². The van der Waals surface area contributed by atoms with Crippen molar-refractivity contribution in [2.45, 2.75) is 84.7 Å². The van der Waals surface area contributed by atoms with Crippen LogP contribution in [-0.4, -0.2) is 17.9 Å². The van der Waals surface area contributed by atoms with Crippen molar-refractivity contribution < 1.29 is 14.3 Å². The van der Waals surface area contributed by atoms with Gasteiger partial charge < -0.3 is 4.74 Å². The SMILES string of the molecule is CC(=O)OC1CCC[C@@H]2C(=O)C[C@H]3[C@@H]4CCC[C@@]4(C)CC[C@@H]3[C@@]12C. The number of ketones is 1. The molecule has 0 aromatic rings. The van der Waals surface area contributed by atoms with Gasteiger partial charge in [0.05, 0.1) is 0 Å². The monoisotopic (exact) mass is 332 g/mol. The highest BCUT2D eigenvalue weighted by molar-refractivity contribution is 5.83. The molecule has 0 aromatic carbocycles. The lowest BCUT2D eigenvalue weighted by molar-refractivity contribution is -0.190. The molecule has 0 bridgehead atoms. The van der Waals surface area contributed by atoms with Gasteiger partial charge in [0.2, 0.25) is 0 Å². The highest BCUT2D eigenvalue weighted by Crippen LogP contribution is 2.65. The van der Waals surface area contributed by atoms with E-state index in [1.165, 1.54) is 39.0 Å². The number of Topliss-reactive ketones (excluding diaryl/α,β-unsaturated/α-hetero) is 1. The maximum atomic E-state index is 13.1. The summed E-state index contributed by atoms with van der Waals surface area (Å²) in [4.78, 5) is 24.8. The van der Waals surface area contributed by atoms with E-state index in [2.05, 4.69) is 13.8 Å². The molecule has 0 saturated heterocycles. The van der Waals surface area contributed by atoms with Crippen molar-refractivity contribution in [1.29, 1.82) is 0 Å². The van der Waals surface area contributed by atoms with Crippen molar-refractivity contribution in [3.63, 3.8) is 0 Å². The summed E-state index contributed by atoms with van der Waals surface area (Å²) in [7, 11) is 0. The predicted molar refractivity (Wildman–Crippen MR) is 92.3 cm³/mol. The van der Waals surface area contributed by atoms with E-state index in [9.17, 15) is 9.59 Å². The first-order valence-electron chi connectivity index (χ1n) is 10.1. The van der Waals surface area contributed by atoms with Crippen LogP contribution < -0.4 is 0 Å². The first kappa shape index (κ1) is 16.6. The molecule has 0 spiro atoms. The zero-order chi connectivity index (χ0) is 17.1. The molecule has 4 saturated carbocycles. The fourth-order valence-corrected chi connectivity index (χ4v) is 7.46. The van der Waals surface area contributed by atoms with Gasteiger partial charge in [0, 0.05) is 24.7 Å². The normalized spacial score (nSPS) is 50.6. The van der Waals surface area contributed by atoms with Crippen LogP contribution in [0.25, 0.3) is 0 Å². The van der Waals surface area contributed by atoms with E-state index >= 15 is 0 Å². The molecule has 0 N–H and O–H groups in total. The van der Waals surface area contributed by atoms with Crippen LogP contribution in [0.2, 0.25) is 0 Å². The molecule has 4 rings (SSSR count). The molecule has 3 heteroatoms. The van der Waals surface area contributed by atoms with Gasteiger partial charge in [-0.25, -0.2) is 0 Å². The summed E-state index contributed by atoms with van der Waals surface area (Å²) < 4.78 is 5.81. The minimum Gasteiger partial charge on any atom is -0.462 e. The van der Waals surface area contributed by atoms with Crippen LogP contribution in [0.4, 0.5) is 0 Å². The summed E-state index contributed by atoms with van der Waals surface area (Å²) in [6.07, 6.45) is 10.1. The second-order valence-electron chi connectivity index (χ2n) is 9.58. The summed E-state index contributed by atoms with van der Waals surface area (Å²) in [6.45, 7) is 6.27. The Morgan fingerprint density at radius 1 is 1.04 bits per heavy atom. The third-order valence-electron chi connectivity index (χ3n) is 8.55. The highest BCUT2D eigenvalue weighted by Gasteiger charge is 2.63. The van der Waals surface area contributed by atoms with Crippen molar-refractivity contribution in [2.24, 2.45) is 34.5 Å². The first-order chi connectivity index (χ1) is 11.4. The van der Waals surface area contributed by atoms with Gasteiger partial charge in [-0.3, -0.25) is 9.59 Å². The molecule has 3 nitrogen and oxygen atoms in total. The summed E-state index contributed by atoms with van der Waals surface area (Å²) >= 11 is 0. The van der Waals surface area contributed by atoms with Gasteiger partial charge >= 0.3 is 5.97 Å². The Balaban J connectivity index is 1.71. The Hall–Kier alpha value is -0.860. The standard InChI is InChI=1S/C21H32O3/c1-13(22)24-19-8-4-6-17-18(23)12-14-15-7-5-10-20(15,2)11-9-16(14)21(17,19)3/h14-17,19H,4-12H2,1-3H3/t14-,15-,16-,17+,19?,20-,21+/m0/s1. The molecule has 7 atom stereocenters. The Labute approximate surface area is 145 Å². The maximum Gasteiger partial charge on any atom is 0.302 e. The molecule has 0 aliphatic heterocycles. The van der Waals surface area contributed by atoms with Gasteiger partial charge in [-0.2, -0.15) is 0 Å². The van der Waals surface area contributed by atoms with Crippen LogP contribution in [0.15, 0.2) is 0 Å². The van der Waals surface area contributed by atoms with Crippen molar-refractivity contribution in [2.75, 3.05) is 0 Å². The summed E-state index contributed by atoms with van der Waals surface area (Å²) in [5.41, 5.74) is 0.323. The molecular weight excluding hydrogens is 300 g/mol. The number of hydrogen-bond acceptors (Lipinski definition) is 3. The number of hydrogen-bond donors (Lipinski definition) is 0. The highest BCUT2D eigenvalue weighted by atomic mass is 16.5. The molecular formula is C21H32O3. The smallest absolute Gasteiger partial charge is 0.302 e. The number of carbonyl (C=O) groups excluding carboxylic acids is 2. The van der Waals surface area contributed by atoms with Crippen LogP contribution in [-0.2, 0) is 14.3 Å². The van der Waals surface area contributed by atoms with E-state index in [0.717, 1.165) is 25.7 Å². The number of fused-ring (bicyclic) bond motifs is 5. The molecule has 0 radical (unpaired) electrons. The first-order valence-corrected chi connectivity index (χ1v) is 10.1. The molecule has 1 unspecified atom stereocenters. The molecule has 134 valence electrons. The molecule has 24 heavy (non-hydrogen) atoms. The molecule has 4 aliphatic carbocycles. The topological polar surface area (TPSA) is 43.4 Å². The van der Waals surface area contributed by atoms with Crippen LogP contribution in [0.3, 0.4) is 0 Å². The van der Waals surface area contributed by atoms with E-state index in [1.807, 2.05) is 0 Å². The van der Waals surface area contributed by atoms with Crippen molar-refractivity contribution in [3.05, 3.63) is 0 Å². The lowest BCUT2D eigenvalue weighted by atomic mass is 9.44. The van der Waals surface area contributed by atoms with Crippen molar-refractivity contribution in [3.8, 4) is 0 Å². The third kappa shape index (κ3) is 2.22. The molecule has 4 aliphatic rings. The summed E-state index contributed by atoms with van der Waals surface area (Å²) in [5, 5.41) is 0. The summed E-state index contributed by atoms with van der Waals surface area (Å²) in [6, 6.07) is 0. The van der Waals surface area contributed by atoms with E-state index in [-0.39, 0.29) is 23.4 Å². The second-order valence-corrected chi connectivity index (χ2v) is 9.58. The van der Waals surface area contributed by atoms with E-state index in [0.29, 0.717) is 29.0 Å². The second kappa shape index (κ2) is 5.57. The zero-order valence-electron chi connectivity index (χ0n) is 15.5. The van der Waals surface area contributed by atoms with Gasteiger partial charge in [0.25, 0.3) is 0 Å². The number of ether oxygens (including phenoxy) is 1. The summed E-state index contributed by atoms with van der Waals surface area (Å²) in [5.74, 6) is 2.18. The van der Waals surface area contributed by atoms with E-state index in [1.54, 1.807) is 0 Å². The van der Waals surface area contributed by atoms with Gasteiger partial charge in [-0.05, 0) is 68.1 Å². The fraction of sp³-hybridized carbons (Fsp3) is 0.905. The van der Waals surface area contributed by atoms with Crippen LogP contribution in [0.5, 0.6) is 0 Å². The minimum absolute atomic E-state index is 0.0590. The number of esters is 1. The Kier molecular flexibility index (Phi) is 3.85. The van der Waals surface area contributed by atoms with Gasteiger partial charge in [-0.15, -0.1) is 0 Å². The quantitative estimate of drug-likeness (QED) is 0.663. The minimum atomic E-state index is -0.182. The number of carbonyl (C=O) groups is 2. The van der Waals surface area contributed by atoms with E-state index < -0.39 is 0 Å². The van der Waals surface area contributed by atoms with Crippen molar-refractivity contribution in [1.82, 2.24) is 0 Å². The molecule has 0 heterocycles. The van der Waals surface area contributed by atoms with Crippen LogP contribution in [0, 0.1) is 34.5 Å². The fourth-order valence-electron chi connectivity index (χ4n) is 7.46. The Morgan fingerprint density at radius 2 is 1.83 bits per heavy atom. The lowest BCUT2D eigenvalue weighted by Gasteiger charge is -2.60. The molecule has 0 aromatic heterocycles. The maximum absolute atomic E-state index is 13.1. The number of rotatable bonds is 1. The van der Waals surface area contributed by atoms with Gasteiger partial charge in [0.1, 0.15) is 11.9 Å². The van der Waals surface area contributed by atoms with Gasteiger partial charge in [-0.1, -0.05) is 20.3 Å². The molecule has 0 amide bonds. The average Bonchev–Trinajstić information content (AvgIpc) is 2.90. The van der Waals surface area contributed by atoms with Gasteiger partial charge in [0.15, 0.2) is 0 Å². The third-order valence-corrected chi connectivity index (χ3v) is 8.55.